The van der Waals surface area contributed by atoms with E-state index in [1.54, 1.807) is 12.4 Å². The average Bonchev–Trinajstić information content (AvgIpc) is 3.14. The van der Waals surface area contributed by atoms with Crippen molar-refractivity contribution in [1.82, 2.24) is 14.5 Å². The van der Waals surface area contributed by atoms with Crippen LogP contribution in [0.4, 0.5) is 0 Å². The van der Waals surface area contributed by atoms with Crippen LogP contribution in [0.25, 0.3) is 0 Å². The molecule has 1 aromatic heterocycles. The van der Waals surface area contributed by atoms with Gasteiger partial charge in [0.2, 0.25) is 5.91 Å². The van der Waals surface area contributed by atoms with Crippen molar-refractivity contribution in [1.29, 1.82) is 0 Å². The van der Waals surface area contributed by atoms with E-state index in [0.717, 1.165) is 24.4 Å². The van der Waals surface area contributed by atoms with Crippen molar-refractivity contribution < 1.29 is 9.53 Å². The smallest absolute Gasteiger partial charge is 0.223 e. The van der Waals surface area contributed by atoms with Crippen molar-refractivity contribution in [2.75, 3.05) is 13.1 Å². The number of benzene rings is 1. The number of nitrogens with zero attached hydrogens (tertiary/aromatic N) is 3. The van der Waals surface area contributed by atoms with Crippen molar-refractivity contribution in [3.05, 3.63) is 47.5 Å². The van der Waals surface area contributed by atoms with Crippen LogP contribution in [0, 0.1) is 0 Å². The zero-order chi connectivity index (χ0) is 16.2. The Bertz CT molecular complexity index is 686. The molecule has 0 N–H and O–H groups in total. The van der Waals surface area contributed by atoms with E-state index in [1.165, 1.54) is 0 Å². The fraction of sp³-hybridized carbons (Fsp3) is 0.412. The van der Waals surface area contributed by atoms with Gasteiger partial charge in [-0.1, -0.05) is 17.7 Å². The quantitative estimate of drug-likeness (QED) is 0.845. The first-order valence-corrected chi connectivity index (χ1v) is 8.15. The van der Waals surface area contributed by atoms with Crippen LogP contribution in [0.1, 0.15) is 18.5 Å². The van der Waals surface area contributed by atoms with Crippen molar-refractivity contribution >= 4 is 17.5 Å². The van der Waals surface area contributed by atoms with Gasteiger partial charge in [-0.2, -0.15) is 0 Å². The van der Waals surface area contributed by atoms with Crippen LogP contribution in [0.3, 0.4) is 0 Å². The Morgan fingerprint density at radius 1 is 1.48 bits per heavy atom. The summed E-state index contributed by atoms with van der Waals surface area (Å²) in [6, 6.07) is 7.37. The van der Waals surface area contributed by atoms with Gasteiger partial charge in [-0.3, -0.25) is 4.79 Å². The van der Waals surface area contributed by atoms with E-state index in [4.69, 9.17) is 16.3 Å². The molecule has 0 spiro atoms. The van der Waals surface area contributed by atoms with Crippen LogP contribution >= 0.6 is 11.6 Å². The van der Waals surface area contributed by atoms with E-state index in [2.05, 4.69) is 4.98 Å². The number of halogens is 1. The molecule has 1 atom stereocenters. The highest BCUT2D eigenvalue weighted by Crippen LogP contribution is 2.22. The molecule has 0 aliphatic carbocycles. The van der Waals surface area contributed by atoms with Crippen molar-refractivity contribution in [2.45, 2.75) is 25.4 Å². The number of aryl methyl sites for hydroxylation is 2. The summed E-state index contributed by atoms with van der Waals surface area (Å²) >= 11 is 5.96. The van der Waals surface area contributed by atoms with Crippen molar-refractivity contribution in [3.8, 4) is 5.75 Å². The highest BCUT2D eigenvalue weighted by Gasteiger charge is 2.27. The van der Waals surface area contributed by atoms with E-state index in [1.807, 2.05) is 40.9 Å². The number of rotatable bonds is 5. The predicted molar refractivity (Wildman–Crippen MR) is 88.6 cm³/mol. The van der Waals surface area contributed by atoms with Gasteiger partial charge in [0.1, 0.15) is 11.9 Å². The van der Waals surface area contributed by atoms with Crippen molar-refractivity contribution in [2.24, 2.45) is 7.05 Å². The van der Waals surface area contributed by atoms with Gasteiger partial charge in [-0.05, 0) is 24.6 Å². The van der Waals surface area contributed by atoms with Gasteiger partial charge in [-0.25, -0.2) is 4.98 Å². The minimum Gasteiger partial charge on any atom is -0.488 e. The number of hydrogen-bond donors (Lipinski definition) is 0. The summed E-state index contributed by atoms with van der Waals surface area (Å²) < 4.78 is 7.86. The fourth-order valence-electron chi connectivity index (χ4n) is 2.80. The Hall–Kier alpha value is -2.01. The summed E-state index contributed by atoms with van der Waals surface area (Å²) in [5, 5.41) is 0.657. The average molecular weight is 334 g/mol. The number of aromatic nitrogens is 2. The molecule has 1 unspecified atom stereocenters. The fourth-order valence-corrected chi connectivity index (χ4v) is 2.98. The molecule has 2 aromatic rings. The zero-order valence-corrected chi connectivity index (χ0v) is 13.9. The van der Waals surface area contributed by atoms with Gasteiger partial charge in [0.15, 0.2) is 0 Å². The molecule has 5 nitrogen and oxygen atoms in total. The first-order chi connectivity index (χ1) is 11.1. The third-order valence-corrected chi connectivity index (χ3v) is 4.34. The molecule has 1 fully saturated rings. The van der Waals surface area contributed by atoms with Crippen LogP contribution in [-0.2, 0) is 18.3 Å². The highest BCUT2D eigenvalue weighted by atomic mass is 35.5. The molecule has 0 saturated carbocycles. The molecular formula is C17H20ClN3O2. The van der Waals surface area contributed by atoms with Crippen LogP contribution in [-0.4, -0.2) is 39.6 Å². The Kier molecular flexibility index (Phi) is 4.86. The SMILES string of the molecule is Cn1cncc1CCC(=O)N1CCC(Oc2cccc(Cl)c2)C1. The second kappa shape index (κ2) is 7.04. The lowest BCUT2D eigenvalue weighted by molar-refractivity contribution is -0.130. The van der Waals surface area contributed by atoms with E-state index >= 15 is 0 Å². The number of amides is 1. The third kappa shape index (κ3) is 4.05. The van der Waals surface area contributed by atoms with E-state index in [9.17, 15) is 4.79 Å². The summed E-state index contributed by atoms with van der Waals surface area (Å²) in [7, 11) is 1.94. The molecule has 6 heteroatoms. The Labute approximate surface area is 140 Å². The largest absolute Gasteiger partial charge is 0.488 e. The second-order valence-corrected chi connectivity index (χ2v) is 6.26. The first kappa shape index (κ1) is 15.9. The normalized spacial score (nSPS) is 17.5. The van der Waals surface area contributed by atoms with Gasteiger partial charge in [0.05, 0.1) is 12.9 Å². The third-order valence-electron chi connectivity index (χ3n) is 4.11. The molecule has 1 saturated heterocycles. The van der Waals surface area contributed by atoms with Crippen LogP contribution in [0.5, 0.6) is 5.75 Å². The molecule has 0 radical (unpaired) electrons. The maximum atomic E-state index is 12.3. The number of hydrogen-bond acceptors (Lipinski definition) is 3. The predicted octanol–water partition coefficient (Wildman–Crippen LogP) is 2.69. The maximum Gasteiger partial charge on any atom is 0.223 e. The molecular weight excluding hydrogens is 314 g/mol. The van der Waals surface area contributed by atoms with Gasteiger partial charge in [0.25, 0.3) is 0 Å². The molecule has 1 aromatic carbocycles. The standard InChI is InChI=1S/C17H20ClN3O2/c1-20-12-19-10-14(20)5-6-17(22)21-8-7-16(11-21)23-15-4-2-3-13(18)9-15/h2-4,9-10,12,16H,5-8,11H2,1H3. The summed E-state index contributed by atoms with van der Waals surface area (Å²) in [4.78, 5) is 18.3. The highest BCUT2D eigenvalue weighted by molar-refractivity contribution is 6.30. The van der Waals surface area contributed by atoms with E-state index in [-0.39, 0.29) is 12.0 Å². The molecule has 3 rings (SSSR count). The number of ether oxygens (including phenoxy) is 1. The minimum absolute atomic E-state index is 0.0362. The lowest BCUT2D eigenvalue weighted by Crippen LogP contribution is -2.31. The number of likely N-dealkylation sites (tertiary alicyclic amines) is 1. The molecule has 1 aliphatic rings. The van der Waals surface area contributed by atoms with E-state index in [0.29, 0.717) is 24.4 Å². The lowest BCUT2D eigenvalue weighted by Gasteiger charge is -2.17. The zero-order valence-electron chi connectivity index (χ0n) is 13.1. The van der Waals surface area contributed by atoms with Crippen LogP contribution in [0.2, 0.25) is 5.02 Å². The Balaban J connectivity index is 1.49. The monoisotopic (exact) mass is 333 g/mol. The molecule has 23 heavy (non-hydrogen) atoms. The topological polar surface area (TPSA) is 47.4 Å². The molecule has 122 valence electrons. The van der Waals surface area contributed by atoms with Gasteiger partial charge in [0, 0.05) is 43.3 Å². The summed E-state index contributed by atoms with van der Waals surface area (Å²) in [6.45, 7) is 1.38. The molecule has 1 aliphatic heterocycles. The minimum atomic E-state index is 0.0362. The lowest BCUT2D eigenvalue weighted by atomic mass is 10.2. The number of carbonyl (C=O) groups is 1. The van der Waals surface area contributed by atoms with Crippen LogP contribution < -0.4 is 4.74 Å². The second-order valence-electron chi connectivity index (χ2n) is 5.82. The van der Waals surface area contributed by atoms with Crippen molar-refractivity contribution in [3.63, 3.8) is 0 Å². The van der Waals surface area contributed by atoms with Gasteiger partial charge >= 0.3 is 0 Å². The summed E-state index contributed by atoms with van der Waals surface area (Å²) in [6.07, 6.45) is 5.67. The maximum absolute atomic E-state index is 12.3. The number of carbonyl (C=O) groups excluding carboxylic acids is 1. The van der Waals surface area contributed by atoms with E-state index < -0.39 is 0 Å². The molecule has 2 heterocycles. The van der Waals surface area contributed by atoms with Gasteiger partial charge < -0.3 is 14.2 Å². The summed E-state index contributed by atoms with van der Waals surface area (Å²) in [5.41, 5.74) is 1.07. The Morgan fingerprint density at radius 2 is 2.35 bits per heavy atom. The molecule has 0 bridgehead atoms. The van der Waals surface area contributed by atoms with Gasteiger partial charge in [-0.15, -0.1) is 0 Å². The summed E-state index contributed by atoms with van der Waals surface area (Å²) in [5.74, 6) is 0.926. The van der Waals surface area contributed by atoms with Crippen LogP contribution in [0.15, 0.2) is 36.8 Å². The first-order valence-electron chi connectivity index (χ1n) is 7.77. The molecule has 1 amide bonds. The number of imidazole rings is 1. The Morgan fingerprint density at radius 3 is 3.09 bits per heavy atom.